The van der Waals surface area contributed by atoms with E-state index in [0.29, 0.717) is 39.6 Å². The van der Waals surface area contributed by atoms with Crippen LogP contribution in [0.2, 0.25) is 0 Å². The zero-order chi connectivity index (χ0) is 31.4. The SMILES string of the molecule is Cc1ccc(COCC(F)F)c(N2C(=O)CS/C2=N\C(=O)Nc2ccc(-c3ncn(-c4ccc(C(F)F)cc4)n3)cc2C)c1. The summed E-state index contributed by atoms with van der Waals surface area (Å²) in [6.45, 7) is 2.72. The van der Waals surface area contributed by atoms with Crippen LogP contribution in [0.5, 0.6) is 0 Å². The lowest BCUT2D eigenvalue weighted by Gasteiger charge is -2.20. The Morgan fingerprint density at radius 1 is 1.07 bits per heavy atom. The number of halogens is 4. The van der Waals surface area contributed by atoms with Crippen LogP contribution in [0.25, 0.3) is 17.1 Å². The van der Waals surface area contributed by atoms with E-state index in [9.17, 15) is 27.2 Å². The van der Waals surface area contributed by atoms with Gasteiger partial charge in [0.2, 0.25) is 5.91 Å². The number of alkyl halides is 4. The summed E-state index contributed by atoms with van der Waals surface area (Å²) in [6.07, 6.45) is -3.71. The molecule has 14 heteroatoms. The number of aryl methyl sites for hydroxylation is 2. The molecule has 0 unspecified atom stereocenters. The second-order valence-corrected chi connectivity index (χ2v) is 10.8. The monoisotopic (exact) mass is 626 g/mol. The van der Waals surface area contributed by atoms with Crippen molar-refractivity contribution < 1.29 is 31.9 Å². The first kappa shape index (κ1) is 30.9. The van der Waals surface area contributed by atoms with Gasteiger partial charge in [-0.3, -0.25) is 9.69 Å². The maximum Gasteiger partial charge on any atom is 0.347 e. The van der Waals surface area contributed by atoms with Crippen LogP contribution < -0.4 is 10.2 Å². The number of benzene rings is 3. The topological polar surface area (TPSA) is 102 Å². The van der Waals surface area contributed by atoms with Crippen molar-refractivity contribution in [2.24, 2.45) is 4.99 Å². The van der Waals surface area contributed by atoms with Crippen LogP contribution >= 0.6 is 11.8 Å². The number of amidine groups is 1. The molecule has 228 valence electrons. The van der Waals surface area contributed by atoms with Gasteiger partial charge in [0, 0.05) is 22.4 Å². The van der Waals surface area contributed by atoms with E-state index < -0.39 is 25.5 Å². The van der Waals surface area contributed by atoms with Crippen LogP contribution in [0.4, 0.5) is 33.7 Å². The molecule has 1 aliphatic heterocycles. The molecular weight excluding hydrogens is 600 g/mol. The van der Waals surface area contributed by atoms with E-state index >= 15 is 0 Å². The van der Waals surface area contributed by atoms with Crippen molar-refractivity contribution in [3.8, 4) is 17.1 Å². The highest BCUT2D eigenvalue weighted by molar-refractivity contribution is 8.15. The summed E-state index contributed by atoms with van der Waals surface area (Å²) in [7, 11) is 0. The Bertz CT molecular complexity index is 1710. The maximum absolute atomic E-state index is 13.0. The second kappa shape index (κ2) is 13.4. The molecule has 0 radical (unpaired) electrons. The summed E-state index contributed by atoms with van der Waals surface area (Å²) in [4.78, 5) is 35.5. The Kier molecular flexibility index (Phi) is 9.40. The largest absolute Gasteiger partial charge is 0.371 e. The van der Waals surface area contributed by atoms with Crippen LogP contribution in [0, 0.1) is 13.8 Å². The van der Waals surface area contributed by atoms with Crippen molar-refractivity contribution in [2.45, 2.75) is 33.3 Å². The first-order chi connectivity index (χ1) is 21.1. The van der Waals surface area contributed by atoms with Gasteiger partial charge in [-0.2, -0.15) is 4.99 Å². The van der Waals surface area contributed by atoms with Gasteiger partial charge in [0.15, 0.2) is 11.0 Å². The highest BCUT2D eigenvalue weighted by Crippen LogP contribution is 2.32. The van der Waals surface area contributed by atoms with Crippen molar-refractivity contribution in [2.75, 3.05) is 22.6 Å². The van der Waals surface area contributed by atoms with Crippen LogP contribution in [0.15, 0.2) is 72.0 Å². The van der Waals surface area contributed by atoms with Gasteiger partial charge in [-0.05, 0) is 61.4 Å². The van der Waals surface area contributed by atoms with Crippen molar-refractivity contribution in [1.82, 2.24) is 14.8 Å². The Hall–Kier alpha value is -4.56. The molecule has 1 fully saturated rings. The summed E-state index contributed by atoms with van der Waals surface area (Å²) in [5, 5.41) is 7.31. The number of urea groups is 1. The number of amides is 3. The van der Waals surface area contributed by atoms with Crippen molar-refractivity contribution >= 4 is 40.2 Å². The average molecular weight is 627 g/mol. The number of ether oxygens (including phenoxy) is 1. The van der Waals surface area contributed by atoms with Crippen molar-refractivity contribution in [3.63, 3.8) is 0 Å². The molecule has 44 heavy (non-hydrogen) atoms. The summed E-state index contributed by atoms with van der Waals surface area (Å²) in [5.41, 5.74) is 4.07. The zero-order valence-corrected chi connectivity index (χ0v) is 24.3. The lowest BCUT2D eigenvalue weighted by atomic mass is 10.1. The fraction of sp³-hybridized carbons (Fsp3) is 0.233. The number of nitrogens with zero attached hydrogens (tertiary/aromatic N) is 5. The smallest absolute Gasteiger partial charge is 0.347 e. The standard InChI is InChI=1S/C30H26F4N6O3S/c1-17-3-4-21(13-43-14-25(31)32)24(11-17)40-26(41)15-44-30(40)37-29(42)36-23-10-7-20(12-18(23)2)28-35-16-39(38-28)22-8-5-19(6-9-22)27(33)34/h3-12,16,25,27H,13-15H2,1-2H3,(H,36,42)/b37-30-. The minimum Gasteiger partial charge on any atom is -0.371 e. The van der Waals surface area contributed by atoms with Crippen LogP contribution in [0.3, 0.4) is 0 Å². The third kappa shape index (κ3) is 7.14. The van der Waals surface area contributed by atoms with Gasteiger partial charge in [-0.1, -0.05) is 36.0 Å². The summed E-state index contributed by atoms with van der Waals surface area (Å²) >= 11 is 1.09. The van der Waals surface area contributed by atoms with Gasteiger partial charge in [-0.25, -0.2) is 32.0 Å². The molecule has 0 aliphatic carbocycles. The number of hydrogen-bond donors (Lipinski definition) is 1. The molecule has 0 saturated carbocycles. The van der Waals surface area contributed by atoms with E-state index in [1.165, 1.54) is 40.2 Å². The molecule has 0 bridgehead atoms. The highest BCUT2D eigenvalue weighted by Gasteiger charge is 2.32. The molecule has 1 saturated heterocycles. The zero-order valence-electron chi connectivity index (χ0n) is 23.5. The molecule has 5 rings (SSSR count). The Labute approximate surface area is 254 Å². The lowest BCUT2D eigenvalue weighted by Crippen LogP contribution is -2.31. The number of aliphatic imine (C=N–C) groups is 1. The molecule has 1 aliphatic rings. The molecule has 0 atom stereocenters. The number of thioether (sulfide) groups is 1. The average Bonchev–Trinajstić information content (AvgIpc) is 3.62. The number of anilines is 2. The fourth-order valence-corrected chi connectivity index (χ4v) is 5.27. The molecule has 1 aromatic heterocycles. The summed E-state index contributed by atoms with van der Waals surface area (Å²) < 4.78 is 57.5. The first-order valence-corrected chi connectivity index (χ1v) is 14.3. The Morgan fingerprint density at radius 3 is 2.55 bits per heavy atom. The van der Waals surface area contributed by atoms with E-state index in [1.54, 1.807) is 43.3 Å². The maximum atomic E-state index is 13.0. The minimum atomic E-state index is -2.63. The highest BCUT2D eigenvalue weighted by atomic mass is 32.2. The van der Waals surface area contributed by atoms with Crippen LogP contribution in [-0.2, 0) is 16.1 Å². The van der Waals surface area contributed by atoms with E-state index in [4.69, 9.17) is 4.74 Å². The first-order valence-electron chi connectivity index (χ1n) is 13.3. The van der Waals surface area contributed by atoms with Gasteiger partial charge in [0.05, 0.1) is 23.7 Å². The quantitative estimate of drug-likeness (QED) is 0.202. The Morgan fingerprint density at radius 2 is 1.84 bits per heavy atom. The van der Waals surface area contributed by atoms with E-state index in [1.807, 2.05) is 6.92 Å². The Balaban J connectivity index is 1.31. The van der Waals surface area contributed by atoms with Crippen LogP contribution in [-0.4, -0.2) is 50.7 Å². The van der Waals surface area contributed by atoms with Gasteiger partial charge in [0.1, 0.15) is 12.9 Å². The molecule has 3 aromatic carbocycles. The van der Waals surface area contributed by atoms with Crippen molar-refractivity contribution in [1.29, 1.82) is 0 Å². The molecule has 2 heterocycles. The van der Waals surface area contributed by atoms with E-state index in [0.717, 1.165) is 17.3 Å². The number of nitrogens with one attached hydrogen (secondary N) is 1. The number of carbonyl (C=O) groups excluding carboxylic acids is 2. The molecule has 1 N–H and O–H groups in total. The second-order valence-electron chi connectivity index (χ2n) is 9.82. The van der Waals surface area contributed by atoms with E-state index in [-0.39, 0.29) is 29.0 Å². The molecular formula is C30H26F4N6O3S. The lowest BCUT2D eigenvalue weighted by molar-refractivity contribution is -0.115. The van der Waals surface area contributed by atoms with E-state index in [2.05, 4.69) is 20.4 Å². The van der Waals surface area contributed by atoms with Gasteiger partial charge >= 0.3 is 6.03 Å². The normalized spacial score (nSPS) is 14.3. The number of rotatable bonds is 9. The summed E-state index contributed by atoms with van der Waals surface area (Å²) in [5.74, 6) is 0.146. The van der Waals surface area contributed by atoms with Crippen LogP contribution in [0.1, 0.15) is 28.7 Å². The van der Waals surface area contributed by atoms with Crippen molar-refractivity contribution in [3.05, 3.63) is 89.2 Å². The number of carbonyl (C=O) groups is 2. The molecule has 9 nitrogen and oxygen atoms in total. The van der Waals surface area contributed by atoms with Gasteiger partial charge in [0.25, 0.3) is 12.9 Å². The molecule has 0 spiro atoms. The number of hydrogen-bond acceptors (Lipinski definition) is 6. The molecule has 4 aromatic rings. The van der Waals surface area contributed by atoms with Gasteiger partial charge in [-0.15, -0.1) is 5.10 Å². The predicted octanol–water partition coefficient (Wildman–Crippen LogP) is 6.94. The third-order valence-electron chi connectivity index (χ3n) is 6.57. The third-order valence-corrected chi connectivity index (χ3v) is 7.50. The predicted molar refractivity (Wildman–Crippen MR) is 160 cm³/mol. The van der Waals surface area contributed by atoms with Gasteiger partial charge < -0.3 is 10.1 Å². The fourth-order valence-electron chi connectivity index (χ4n) is 4.41. The minimum absolute atomic E-state index is 0.0567. The summed E-state index contributed by atoms with van der Waals surface area (Å²) in [6, 6.07) is 15.4. The number of aromatic nitrogens is 3. The molecule has 3 amide bonds.